The van der Waals surface area contributed by atoms with Crippen LogP contribution in [-0.4, -0.2) is 58.6 Å². The number of phosphoric acid groups is 3. The number of aromatic nitrogens is 4. The first-order valence-corrected chi connectivity index (χ1v) is 12.4. The summed E-state index contributed by atoms with van der Waals surface area (Å²) in [6.45, 7) is -0.859. The van der Waals surface area contributed by atoms with Crippen LogP contribution in [0.3, 0.4) is 0 Å². The van der Waals surface area contributed by atoms with Gasteiger partial charge in [0.15, 0.2) is 23.3 Å². The van der Waals surface area contributed by atoms with E-state index in [1.807, 2.05) is 0 Å². The Morgan fingerprint density at radius 1 is 1.20 bits per heavy atom. The van der Waals surface area contributed by atoms with E-state index in [0.29, 0.717) is 0 Å². The highest BCUT2D eigenvalue weighted by atomic mass is 35.5. The van der Waals surface area contributed by atoms with Crippen LogP contribution in [0.15, 0.2) is 6.33 Å². The van der Waals surface area contributed by atoms with Gasteiger partial charge in [0.1, 0.15) is 12.1 Å². The van der Waals surface area contributed by atoms with Crippen molar-refractivity contribution >= 4 is 52.2 Å². The Morgan fingerprint density at radius 2 is 1.90 bits per heavy atom. The monoisotopic (exact) mass is 511 g/mol. The maximum Gasteiger partial charge on any atom is 0.490 e. The first kappa shape index (κ1) is 23.6. The van der Waals surface area contributed by atoms with E-state index in [2.05, 4.69) is 28.1 Å². The van der Waals surface area contributed by atoms with Gasteiger partial charge < -0.3 is 34.8 Å². The molecule has 30 heavy (non-hydrogen) atoms. The number of rotatable bonds is 8. The van der Waals surface area contributed by atoms with Gasteiger partial charge in [-0.2, -0.15) is 18.6 Å². The van der Waals surface area contributed by atoms with Crippen molar-refractivity contribution in [2.75, 3.05) is 18.9 Å². The van der Waals surface area contributed by atoms with Gasteiger partial charge in [-0.05, 0) is 0 Å². The summed E-state index contributed by atoms with van der Waals surface area (Å²) in [5.41, 5.74) is 6.02. The highest BCUT2D eigenvalue weighted by molar-refractivity contribution is 7.66. The van der Waals surface area contributed by atoms with Crippen LogP contribution in [0, 0.1) is 0 Å². The smallest absolute Gasteiger partial charge is 0.368 e. The lowest BCUT2D eigenvalue weighted by atomic mass is 10.5. The summed E-state index contributed by atoms with van der Waals surface area (Å²) in [6, 6.07) is 0. The first-order valence-electron chi connectivity index (χ1n) is 7.46. The van der Waals surface area contributed by atoms with Gasteiger partial charge in [0.2, 0.25) is 5.95 Å². The molecule has 4 unspecified atom stereocenters. The summed E-state index contributed by atoms with van der Waals surface area (Å²) in [4.78, 5) is 47.2. The number of nitrogen functional groups attached to an aromatic ring is 1. The molecule has 2 aromatic heterocycles. The van der Waals surface area contributed by atoms with Gasteiger partial charge in [0, 0.05) is 0 Å². The molecule has 0 aromatic carbocycles. The van der Waals surface area contributed by atoms with Crippen molar-refractivity contribution in [1.82, 2.24) is 19.5 Å². The zero-order chi connectivity index (χ0) is 22.3. The van der Waals surface area contributed by atoms with Crippen molar-refractivity contribution in [3.05, 3.63) is 11.5 Å². The van der Waals surface area contributed by atoms with Gasteiger partial charge in [0.05, 0.1) is 12.9 Å². The van der Waals surface area contributed by atoms with E-state index in [1.54, 1.807) is 0 Å². The largest absolute Gasteiger partial charge is 0.490 e. The summed E-state index contributed by atoms with van der Waals surface area (Å²) >= 11 is 5.93. The topological polar surface area (TPSA) is 248 Å². The molecule has 0 amide bonds. The molecule has 3 rings (SSSR count). The van der Waals surface area contributed by atoms with E-state index >= 15 is 0 Å². The van der Waals surface area contributed by atoms with Crippen LogP contribution in [-0.2, 0) is 36.3 Å². The molecule has 168 valence electrons. The Morgan fingerprint density at radius 3 is 2.57 bits per heavy atom. The maximum absolute atomic E-state index is 11.7. The maximum atomic E-state index is 11.7. The lowest BCUT2D eigenvalue weighted by Crippen LogP contribution is -2.17. The minimum absolute atomic E-state index is 0.0133. The molecule has 17 nitrogen and oxygen atoms in total. The van der Waals surface area contributed by atoms with Crippen molar-refractivity contribution in [3.63, 3.8) is 0 Å². The van der Waals surface area contributed by atoms with Crippen molar-refractivity contribution in [3.8, 4) is 0 Å². The van der Waals surface area contributed by atoms with Crippen molar-refractivity contribution in [2.24, 2.45) is 0 Å². The third kappa shape index (κ3) is 6.02. The number of nitrogens with two attached hydrogens (primary N) is 1. The van der Waals surface area contributed by atoms with Crippen molar-refractivity contribution in [2.45, 2.75) is 12.5 Å². The third-order valence-electron chi connectivity index (χ3n) is 3.23. The molecule has 4 atom stereocenters. The Hall–Kier alpha value is -1.03. The molecule has 1 aliphatic heterocycles. The zero-order valence-corrected chi connectivity index (χ0v) is 17.7. The van der Waals surface area contributed by atoms with Gasteiger partial charge in [-0.3, -0.25) is 9.09 Å². The number of hydrogen-bond donors (Lipinski definition) is 5. The fourth-order valence-corrected chi connectivity index (χ4v) is 5.47. The zero-order valence-electron chi connectivity index (χ0n) is 14.3. The second-order valence-corrected chi connectivity index (χ2v) is 10.2. The molecule has 3 heterocycles. The SMILES string of the molecule is Nc1nc(Cl)c2ncn(C3COC(COP(=O)(O)OP(=O)(O)OP(=O)(O)O)O3)c2n1. The minimum atomic E-state index is -5.62. The second kappa shape index (κ2) is 8.48. The molecular weight excluding hydrogens is 498 g/mol. The van der Waals surface area contributed by atoms with Gasteiger partial charge in [0.25, 0.3) is 0 Å². The number of halogens is 1. The minimum Gasteiger partial charge on any atom is -0.368 e. The van der Waals surface area contributed by atoms with Gasteiger partial charge in [-0.25, -0.2) is 18.7 Å². The quantitative estimate of drug-likeness (QED) is 0.235. The lowest BCUT2D eigenvalue weighted by Gasteiger charge is -2.17. The summed E-state index contributed by atoms with van der Waals surface area (Å²) in [5, 5.41) is 0.0133. The average molecular weight is 512 g/mol. The number of hydrogen-bond acceptors (Lipinski definition) is 12. The highest BCUT2D eigenvalue weighted by Crippen LogP contribution is 2.66. The molecule has 0 radical (unpaired) electrons. The molecule has 6 N–H and O–H groups in total. The number of anilines is 1. The van der Waals surface area contributed by atoms with E-state index in [0.717, 1.165) is 0 Å². The molecule has 1 saturated heterocycles. The number of nitrogens with zero attached hydrogens (tertiary/aromatic N) is 4. The van der Waals surface area contributed by atoms with Crippen LogP contribution < -0.4 is 5.73 Å². The summed E-state index contributed by atoms with van der Waals surface area (Å²) < 4.78 is 57.3. The van der Waals surface area contributed by atoms with E-state index in [9.17, 15) is 18.6 Å². The Kier molecular flexibility index (Phi) is 6.68. The van der Waals surface area contributed by atoms with Crippen molar-refractivity contribution in [1.29, 1.82) is 0 Å². The van der Waals surface area contributed by atoms with Crippen LogP contribution in [0.5, 0.6) is 0 Å². The molecule has 1 aliphatic rings. The lowest BCUT2D eigenvalue weighted by molar-refractivity contribution is -0.0961. The number of imidazole rings is 1. The Balaban J connectivity index is 1.61. The molecule has 0 aliphatic carbocycles. The van der Waals surface area contributed by atoms with Gasteiger partial charge in [-0.15, -0.1) is 0 Å². The second-order valence-electron chi connectivity index (χ2n) is 5.44. The average Bonchev–Trinajstić information content (AvgIpc) is 3.15. The van der Waals surface area contributed by atoms with E-state index in [1.165, 1.54) is 10.9 Å². The molecule has 2 aromatic rings. The number of phosphoric ester groups is 1. The van der Waals surface area contributed by atoms with E-state index in [4.69, 9.17) is 41.5 Å². The van der Waals surface area contributed by atoms with Crippen LogP contribution in [0.2, 0.25) is 5.15 Å². The Labute approximate surface area is 171 Å². The number of ether oxygens (including phenoxy) is 2. The van der Waals surface area contributed by atoms with Crippen LogP contribution >= 0.6 is 35.1 Å². The van der Waals surface area contributed by atoms with Gasteiger partial charge >= 0.3 is 23.5 Å². The molecule has 0 saturated carbocycles. The highest BCUT2D eigenvalue weighted by Gasteiger charge is 2.41. The number of fused-ring (bicyclic) bond motifs is 1. The standard InChI is InChI=1S/C9H13ClN5O12P3/c10-7-6-8(14-9(11)13-7)15(3-12-6)4-1-23-5(25-4)2-24-29(19,20)27-30(21,22)26-28(16,17)18/h3-5H,1-2H2,(H,19,20)(H,21,22)(H2,11,13,14)(H2,16,17,18). The fourth-order valence-electron chi connectivity index (χ4n) is 2.24. The molecule has 1 fully saturated rings. The predicted molar refractivity (Wildman–Crippen MR) is 94.4 cm³/mol. The fraction of sp³-hybridized carbons (Fsp3) is 0.444. The van der Waals surface area contributed by atoms with E-state index < -0.39 is 42.6 Å². The van der Waals surface area contributed by atoms with Crippen LogP contribution in [0.25, 0.3) is 11.2 Å². The van der Waals surface area contributed by atoms with Crippen molar-refractivity contribution < 1.29 is 55.9 Å². The van der Waals surface area contributed by atoms with Gasteiger partial charge in [-0.1, -0.05) is 11.6 Å². The normalized spacial score (nSPS) is 24.0. The molecular formula is C9H13ClN5O12P3. The first-order chi connectivity index (χ1) is 13.7. The molecule has 21 heteroatoms. The van der Waals surface area contributed by atoms with Crippen LogP contribution in [0.1, 0.15) is 6.23 Å². The summed E-state index contributed by atoms with van der Waals surface area (Å²) in [5.74, 6) is -0.114. The molecule has 0 spiro atoms. The summed E-state index contributed by atoms with van der Waals surface area (Å²) in [7, 11) is -16.4. The third-order valence-corrected chi connectivity index (χ3v) is 7.30. The summed E-state index contributed by atoms with van der Waals surface area (Å²) in [6.07, 6.45) is -0.745. The molecule has 0 bridgehead atoms. The Bertz CT molecular complexity index is 1090. The van der Waals surface area contributed by atoms with Crippen LogP contribution in [0.4, 0.5) is 5.95 Å². The predicted octanol–water partition coefficient (Wildman–Crippen LogP) is 0.277. The van der Waals surface area contributed by atoms with E-state index in [-0.39, 0.29) is 28.9 Å².